The molecule has 1 amide bonds. The molecular weight excluding hydrogens is 242 g/mol. The minimum Gasteiger partial charge on any atom is -0.446 e. The molecule has 0 radical (unpaired) electrons. The summed E-state index contributed by atoms with van der Waals surface area (Å²) in [6.45, 7) is 13.8. The number of nitrogens with one attached hydrogen (secondary N) is 1. The Hall–Kier alpha value is -1.03. The Kier molecular flexibility index (Phi) is 6.35. The van der Waals surface area contributed by atoms with Gasteiger partial charge in [-0.05, 0) is 11.8 Å². The zero-order valence-electron chi connectivity index (χ0n) is 12.6. The molecule has 0 aliphatic carbocycles. The average Bonchev–Trinajstić information content (AvgIpc) is 2.36. The molecule has 0 aromatic carbocycles. The summed E-state index contributed by atoms with van der Waals surface area (Å²) < 4.78 is 10.7. The van der Waals surface area contributed by atoms with E-state index < -0.39 is 0 Å². The number of hydrogen-bond donors (Lipinski definition) is 1. The van der Waals surface area contributed by atoms with Crippen molar-refractivity contribution in [2.45, 2.75) is 52.7 Å². The molecule has 1 aliphatic heterocycles. The Bertz CT molecular complexity index is 307. The van der Waals surface area contributed by atoms with Crippen molar-refractivity contribution in [3.8, 4) is 0 Å². The van der Waals surface area contributed by atoms with Gasteiger partial charge in [0.05, 0.1) is 19.3 Å². The Morgan fingerprint density at radius 2 is 1.84 bits per heavy atom. The molecule has 110 valence electrons. The first kappa shape index (κ1) is 16.0. The summed E-state index contributed by atoms with van der Waals surface area (Å²) in [6.07, 6.45) is 1.21. The highest BCUT2D eigenvalue weighted by Crippen LogP contribution is 2.19. The summed E-state index contributed by atoms with van der Waals surface area (Å²) in [5.74, 6) is 0.646. The van der Waals surface area contributed by atoms with E-state index >= 15 is 0 Å². The van der Waals surface area contributed by atoms with Crippen LogP contribution in [0.25, 0.3) is 0 Å². The minimum atomic E-state index is -0.340. The van der Waals surface area contributed by atoms with Crippen molar-refractivity contribution in [2.24, 2.45) is 11.8 Å². The third-order valence-electron chi connectivity index (χ3n) is 3.52. The highest BCUT2D eigenvalue weighted by Gasteiger charge is 2.24. The van der Waals surface area contributed by atoms with Crippen LogP contribution >= 0.6 is 0 Å². The molecule has 1 heterocycles. The Morgan fingerprint density at radius 3 is 2.32 bits per heavy atom. The van der Waals surface area contributed by atoms with Crippen molar-refractivity contribution >= 4 is 6.09 Å². The maximum atomic E-state index is 11.9. The normalized spacial score (nSPS) is 18.4. The first-order chi connectivity index (χ1) is 8.91. The van der Waals surface area contributed by atoms with Crippen LogP contribution in [0.3, 0.4) is 0 Å². The molecule has 1 atom stereocenters. The van der Waals surface area contributed by atoms with Crippen molar-refractivity contribution < 1.29 is 14.3 Å². The molecular formula is C15H27NO3. The fourth-order valence-electron chi connectivity index (χ4n) is 2.15. The second kappa shape index (κ2) is 7.53. The summed E-state index contributed by atoms with van der Waals surface area (Å²) in [7, 11) is 0. The zero-order valence-corrected chi connectivity index (χ0v) is 12.6. The summed E-state index contributed by atoms with van der Waals surface area (Å²) in [6, 6.07) is -0.0349. The van der Waals surface area contributed by atoms with Gasteiger partial charge < -0.3 is 14.8 Å². The van der Waals surface area contributed by atoms with Crippen LogP contribution in [0.2, 0.25) is 0 Å². The SMILES string of the molecule is C=C(C(C)C)[C@H](NC(=O)OC1CCOCC1)C(C)C. The highest BCUT2D eigenvalue weighted by atomic mass is 16.6. The lowest BCUT2D eigenvalue weighted by Gasteiger charge is -2.28. The lowest BCUT2D eigenvalue weighted by Crippen LogP contribution is -2.43. The number of rotatable bonds is 5. The van der Waals surface area contributed by atoms with E-state index in [4.69, 9.17) is 9.47 Å². The molecule has 0 saturated carbocycles. The summed E-state index contributed by atoms with van der Waals surface area (Å²) >= 11 is 0. The smallest absolute Gasteiger partial charge is 0.407 e. The van der Waals surface area contributed by atoms with Gasteiger partial charge >= 0.3 is 6.09 Å². The van der Waals surface area contributed by atoms with E-state index in [9.17, 15) is 4.79 Å². The quantitative estimate of drug-likeness (QED) is 0.780. The van der Waals surface area contributed by atoms with Crippen LogP contribution in [0.5, 0.6) is 0 Å². The van der Waals surface area contributed by atoms with Gasteiger partial charge in [-0.25, -0.2) is 4.79 Å². The predicted molar refractivity (Wildman–Crippen MR) is 76.1 cm³/mol. The second-order valence-electron chi connectivity index (χ2n) is 5.81. The Labute approximate surface area is 116 Å². The molecule has 1 aliphatic rings. The molecule has 1 fully saturated rings. The van der Waals surface area contributed by atoms with E-state index in [1.165, 1.54) is 0 Å². The minimum absolute atomic E-state index is 0.0196. The van der Waals surface area contributed by atoms with Gasteiger partial charge in [0.2, 0.25) is 0 Å². The summed E-state index contributed by atoms with van der Waals surface area (Å²) in [5, 5.41) is 2.94. The number of carbonyl (C=O) groups is 1. The first-order valence-corrected chi connectivity index (χ1v) is 7.15. The summed E-state index contributed by atoms with van der Waals surface area (Å²) in [4.78, 5) is 11.9. The number of amides is 1. The molecule has 0 spiro atoms. The third kappa shape index (κ3) is 5.23. The lowest BCUT2D eigenvalue weighted by molar-refractivity contribution is 0.000654. The maximum Gasteiger partial charge on any atom is 0.407 e. The standard InChI is InChI=1S/C15H27NO3/c1-10(2)12(5)14(11(3)4)16-15(17)19-13-6-8-18-9-7-13/h10-11,13-14H,5-9H2,1-4H3,(H,16,17)/t14-/m1/s1. The fraction of sp³-hybridized carbons (Fsp3) is 0.800. The maximum absolute atomic E-state index is 11.9. The molecule has 4 nitrogen and oxygen atoms in total. The van der Waals surface area contributed by atoms with E-state index in [0.29, 0.717) is 25.0 Å². The van der Waals surface area contributed by atoms with Gasteiger partial charge in [0.25, 0.3) is 0 Å². The van der Waals surface area contributed by atoms with Crippen LogP contribution < -0.4 is 5.32 Å². The van der Waals surface area contributed by atoms with Crippen LogP contribution in [0.15, 0.2) is 12.2 Å². The molecule has 1 N–H and O–H groups in total. The summed E-state index contributed by atoms with van der Waals surface area (Å²) in [5.41, 5.74) is 1.04. The average molecular weight is 269 g/mol. The van der Waals surface area contributed by atoms with Gasteiger partial charge in [-0.1, -0.05) is 39.8 Å². The van der Waals surface area contributed by atoms with Gasteiger partial charge in [-0.2, -0.15) is 0 Å². The van der Waals surface area contributed by atoms with Crippen LogP contribution in [0, 0.1) is 11.8 Å². The van der Waals surface area contributed by atoms with E-state index in [1.54, 1.807) is 0 Å². The molecule has 0 bridgehead atoms. The number of ether oxygens (including phenoxy) is 2. The van der Waals surface area contributed by atoms with Crippen LogP contribution in [0.1, 0.15) is 40.5 Å². The van der Waals surface area contributed by atoms with Crippen molar-refractivity contribution in [1.82, 2.24) is 5.32 Å². The molecule has 0 aromatic heterocycles. The molecule has 0 unspecified atom stereocenters. The molecule has 4 heteroatoms. The van der Waals surface area contributed by atoms with Gasteiger partial charge in [0.1, 0.15) is 6.10 Å². The second-order valence-corrected chi connectivity index (χ2v) is 5.81. The molecule has 1 rings (SSSR count). The van der Waals surface area contributed by atoms with Gasteiger partial charge in [-0.15, -0.1) is 0 Å². The third-order valence-corrected chi connectivity index (χ3v) is 3.52. The fourth-order valence-corrected chi connectivity index (χ4v) is 2.15. The van der Waals surface area contributed by atoms with E-state index in [-0.39, 0.29) is 18.2 Å². The number of alkyl carbamates (subject to hydrolysis) is 1. The monoisotopic (exact) mass is 269 g/mol. The van der Waals surface area contributed by atoms with Crippen molar-refractivity contribution in [1.29, 1.82) is 0 Å². The van der Waals surface area contributed by atoms with Crippen molar-refractivity contribution in [2.75, 3.05) is 13.2 Å². The van der Waals surface area contributed by atoms with Gasteiger partial charge in [0.15, 0.2) is 0 Å². The van der Waals surface area contributed by atoms with E-state index in [1.807, 2.05) is 0 Å². The Balaban J connectivity index is 2.49. The van der Waals surface area contributed by atoms with Gasteiger partial charge in [-0.3, -0.25) is 0 Å². The highest BCUT2D eigenvalue weighted by molar-refractivity contribution is 5.68. The predicted octanol–water partition coefficient (Wildman–Crippen LogP) is 3.13. The molecule has 0 aromatic rings. The van der Waals surface area contributed by atoms with Crippen LogP contribution in [-0.2, 0) is 9.47 Å². The zero-order chi connectivity index (χ0) is 14.4. The van der Waals surface area contributed by atoms with E-state index in [2.05, 4.69) is 39.6 Å². The van der Waals surface area contributed by atoms with E-state index in [0.717, 1.165) is 18.4 Å². The van der Waals surface area contributed by atoms with Crippen molar-refractivity contribution in [3.05, 3.63) is 12.2 Å². The van der Waals surface area contributed by atoms with Gasteiger partial charge in [0, 0.05) is 12.8 Å². The van der Waals surface area contributed by atoms with Crippen molar-refractivity contribution in [3.63, 3.8) is 0 Å². The largest absolute Gasteiger partial charge is 0.446 e. The lowest BCUT2D eigenvalue weighted by atomic mass is 9.90. The molecule has 19 heavy (non-hydrogen) atoms. The Morgan fingerprint density at radius 1 is 1.26 bits per heavy atom. The molecule has 1 saturated heterocycles. The number of carbonyl (C=O) groups excluding carboxylic acids is 1. The topological polar surface area (TPSA) is 47.6 Å². The number of hydrogen-bond acceptors (Lipinski definition) is 3. The first-order valence-electron chi connectivity index (χ1n) is 7.15. The van der Waals surface area contributed by atoms with Crippen LogP contribution in [-0.4, -0.2) is 31.5 Å². The van der Waals surface area contributed by atoms with Crippen LogP contribution in [0.4, 0.5) is 4.79 Å².